The van der Waals surface area contributed by atoms with Crippen molar-refractivity contribution in [1.82, 2.24) is 4.98 Å². The van der Waals surface area contributed by atoms with E-state index in [1.54, 1.807) is 23.5 Å². The zero-order chi connectivity index (χ0) is 22.6. The monoisotopic (exact) mass is 442 g/mol. The minimum atomic E-state index is -0.146. The number of nitrogens with zero attached hydrogens (tertiary/aromatic N) is 3. The molecule has 0 spiro atoms. The van der Waals surface area contributed by atoms with Crippen molar-refractivity contribution < 1.29 is 0 Å². The zero-order valence-corrected chi connectivity index (χ0v) is 18.4. The van der Waals surface area contributed by atoms with Crippen LogP contribution in [0.4, 0.5) is 5.69 Å². The van der Waals surface area contributed by atoms with Crippen LogP contribution in [-0.4, -0.2) is 4.98 Å². The lowest BCUT2D eigenvalue weighted by molar-refractivity contribution is 0.959. The van der Waals surface area contributed by atoms with Gasteiger partial charge < -0.3 is 5.32 Å². The molecule has 0 aliphatic carbocycles. The van der Waals surface area contributed by atoms with Gasteiger partial charge in [0.2, 0.25) is 0 Å². The van der Waals surface area contributed by atoms with Crippen LogP contribution in [0.15, 0.2) is 96.6 Å². The molecule has 0 amide bonds. The molecular formula is C28H18N4S. The van der Waals surface area contributed by atoms with Crippen LogP contribution in [0.25, 0.3) is 21.9 Å². The number of nitriles is 2. The van der Waals surface area contributed by atoms with E-state index in [0.29, 0.717) is 11.1 Å². The van der Waals surface area contributed by atoms with Crippen LogP contribution in [0.3, 0.4) is 0 Å². The minimum Gasteiger partial charge on any atom is -0.373 e. The Balaban J connectivity index is 1.63. The first-order valence-electron chi connectivity index (χ1n) is 10.4. The summed E-state index contributed by atoms with van der Waals surface area (Å²) in [5.74, 6) is 0. The van der Waals surface area contributed by atoms with Gasteiger partial charge in [-0.05, 0) is 58.3 Å². The molecule has 0 saturated heterocycles. The highest BCUT2D eigenvalue weighted by molar-refractivity contribution is 7.09. The van der Waals surface area contributed by atoms with E-state index in [0.717, 1.165) is 38.0 Å². The number of thiazole rings is 1. The summed E-state index contributed by atoms with van der Waals surface area (Å²) in [6, 6.07) is 32.2. The second-order valence-corrected chi connectivity index (χ2v) is 8.53. The third kappa shape index (κ3) is 4.06. The normalized spacial score (nSPS) is 11.5. The molecule has 0 saturated carbocycles. The van der Waals surface area contributed by atoms with Crippen molar-refractivity contribution in [3.63, 3.8) is 0 Å². The Hall–Kier alpha value is -4.45. The summed E-state index contributed by atoms with van der Waals surface area (Å²) in [7, 11) is 0. The third-order valence-electron chi connectivity index (χ3n) is 5.64. The highest BCUT2D eigenvalue weighted by Gasteiger charge is 2.19. The van der Waals surface area contributed by atoms with Crippen molar-refractivity contribution in [2.45, 2.75) is 6.04 Å². The van der Waals surface area contributed by atoms with Gasteiger partial charge >= 0.3 is 0 Å². The summed E-state index contributed by atoms with van der Waals surface area (Å²) in [6.45, 7) is 0. The zero-order valence-electron chi connectivity index (χ0n) is 17.6. The van der Waals surface area contributed by atoms with Crippen LogP contribution in [0.2, 0.25) is 0 Å². The Labute approximate surface area is 196 Å². The molecule has 1 aromatic heterocycles. The maximum Gasteiger partial charge on any atom is 0.0998 e. The van der Waals surface area contributed by atoms with Crippen LogP contribution < -0.4 is 5.32 Å². The average Bonchev–Trinajstić information content (AvgIpc) is 3.42. The highest BCUT2D eigenvalue weighted by atomic mass is 32.1. The second kappa shape index (κ2) is 8.96. The molecule has 4 aromatic carbocycles. The first-order valence-corrected chi connectivity index (χ1v) is 11.3. The van der Waals surface area contributed by atoms with Gasteiger partial charge in [-0.25, -0.2) is 0 Å². The predicted octanol–water partition coefficient (Wildman–Crippen LogP) is 6.91. The molecule has 156 valence electrons. The van der Waals surface area contributed by atoms with Crippen LogP contribution >= 0.6 is 11.3 Å². The maximum atomic E-state index is 9.85. The molecule has 4 nitrogen and oxygen atoms in total. The van der Waals surface area contributed by atoms with E-state index in [4.69, 9.17) is 5.26 Å². The lowest BCUT2D eigenvalue weighted by Crippen LogP contribution is -2.11. The first kappa shape index (κ1) is 20.5. The lowest BCUT2D eigenvalue weighted by Gasteiger charge is -2.21. The molecule has 1 N–H and O–H groups in total. The summed E-state index contributed by atoms with van der Waals surface area (Å²) in [5.41, 5.74) is 6.95. The van der Waals surface area contributed by atoms with E-state index in [1.165, 1.54) is 0 Å². The lowest BCUT2D eigenvalue weighted by atomic mass is 9.91. The fourth-order valence-corrected chi connectivity index (χ4v) is 4.71. The standard InChI is InChI=1S/C28H18N4S/c29-15-19-8-12-23(13-9-19)32-28(27-17-31-18-33-27)21-10-11-22(16-30)26(14-21)25-7-3-5-20-4-1-2-6-24(20)25/h1-14,17-18,28,32H. The molecule has 1 heterocycles. The highest BCUT2D eigenvalue weighted by Crippen LogP contribution is 2.36. The maximum absolute atomic E-state index is 9.85. The Morgan fingerprint density at radius 2 is 1.64 bits per heavy atom. The van der Waals surface area contributed by atoms with Gasteiger partial charge in [0.15, 0.2) is 0 Å². The van der Waals surface area contributed by atoms with Crippen molar-refractivity contribution in [3.05, 3.63) is 118 Å². The number of rotatable bonds is 5. The number of anilines is 1. The van der Waals surface area contributed by atoms with E-state index in [9.17, 15) is 5.26 Å². The molecule has 0 aliphatic rings. The first-order chi connectivity index (χ1) is 16.3. The van der Waals surface area contributed by atoms with Crippen molar-refractivity contribution in [2.75, 3.05) is 5.32 Å². The number of hydrogen-bond donors (Lipinski definition) is 1. The number of hydrogen-bond acceptors (Lipinski definition) is 5. The quantitative estimate of drug-likeness (QED) is 0.321. The Morgan fingerprint density at radius 3 is 2.39 bits per heavy atom. The van der Waals surface area contributed by atoms with Crippen molar-refractivity contribution >= 4 is 27.8 Å². The molecule has 0 bridgehead atoms. The summed E-state index contributed by atoms with van der Waals surface area (Å²) in [4.78, 5) is 5.34. The number of nitrogens with one attached hydrogen (secondary N) is 1. The molecule has 33 heavy (non-hydrogen) atoms. The largest absolute Gasteiger partial charge is 0.373 e. The molecule has 5 aromatic rings. The Kier molecular flexibility index (Phi) is 5.55. The molecule has 0 radical (unpaired) electrons. The number of fused-ring (bicyclic) bond motifs is 1. The molecule has 0 aliphatic heterocycles. The summed E-state index contributed by atoms with van der Waals surface area (Å²) < 4.78 is 0. The second-order valence-electron chi connectivity index (χ2n) is 7.61. The average molecular weight is 443 g/mol. The van der Waals surface area contributed by atoms with E-state index < -0.39 is 0 Å². The van der Waals surface area contributed by atoms with Crippen LogP contribution in [0.1, 0.15) is 27.6 Å². The summed E-state index contributed by atoms with van der Waals surface area (Å²) in [5, 5.41) is 24.8. The van der Waals surface area contributed by atoms with Gasteiger partial charge in [0.05, 0.1) is 39.7 Å². The fraction of sp³-hybridized carbons (Fsp3) is 0.0357. The van der Waals surface area contributed by atoms with Crippen molar-refractivity contribution in [1.29, 1.82) is 10.5 Å². The van der Waals surface area contributed by atoms with E-state index >= 15 is 0 Å². The summed E-state index contributed by atoms with van der Waals surface area (Å²) >= 11 is 1.58. The predicted molar refractivity (Wildman–Crippen MR) is 133 cm³/mol. The van der Waals surface area contributed by atoms with Crippen LogP contribution in [0.5, 0.6) is 0 Å². The van der Waals surface area contributed by atoms with Crippen LogP contribution in [0, 0.1) is 22.7 Å². The van der Waals surface area contributed by atoms with Gasteiger partial charge in [-0.3, -0.25) is 4.98 Å². The van der Waals surface area contributed by atoms with Gasteiger partial charge in [-0.2, -0.15) is 10.5 Å². The molecule has 5 rings (SSSR count). The fourth-order valence-electron chi connectivity index (χ4n) is 4.02. The molecule has 5 heteroatoms. The van der Waals surface area contributed by atoms with E-state index in [-0.39, 0.29) is 6.04 Å². The Bertz CT molecular complexity index is 1500. The minimum absolute atomic E-state index is 0.146. The molecular weight excluding hydrogens is 424 g/mol. The van der Waals surface area contributed by atoms with E-state index in [1.807, 2.05) is 54.2 Å². The van der Waals surface area contributed by atoms with Crippen molar-refractivity contribution in [2.24, 2.45) is 0 Å². The molecule has 1 unspecified atom stereocenters. The number of aromatic nitrogens is 1. The number of benzene rings is 4. The topological polar surface area (TPSA) is 72.5 Å². The third-order valence-corrected chi connectivity index (χ3v) is 6.48. The van der Waals surface area contributed by atoms with Crippen molar-refractivity contribution in [3.8, 4) is 23.3 Å². The smallest absolute Gasteiger partial charge is 0.0998 e. The summed E-state index contributed by atoms with van der Waals surface area (Å²) in [6.07, 6.45) is 1.86. The van der Waals surface area contributed by atoms with Gasteiger partial charge in [-0.15, -0.1) is 11.3 Å². The Morgan fingerprint density at radius 1 is 0.818 bits per heavy atom. The SMILES string of the molecule is N#Cc1ccc(NC(c2ccc(C#N)c(-c3cccc4ccccc34)c2)c2cncs2)cc1. The van der Waals surface area contributed by atoms with Crippen LogP contribution in [-0.2, 0) is 0 Å². The van der Waals surface area contributed by atoms with Gasteiger partial charge in [0, 0.05) is 17.4 Å². The van der Waals surface area contributed by atoms with Gasteiger partial charge in [-0.1, -0.05) is 48.5 Å². The molecule has 0 fully saturated rings. The van der Waals surface area contributed by atoms with Gasteiger partial charge in [0.25, 0.3) is 0 Å². The van der Waals surface area contributed by atoms with E-state index in [2.05, 4.69) is 52.8 Å². The molecule has 1 atom stereocenters. The van der Waals surface area contributed by atoms with Gasteiger partial charge in [0.1, 0.15) is 0 Å².